The summed E-state index contributed by atoms with van der Waals surface area (Å²) in [6, 6.07) is -0.389. The van der Waals surface area contributed by atoms with Crippen molar-refractivity contribution < 1.29 is 9.59 Å². The molecule has 1 aliphatic rings. The van der Waals surface area contributed by atoms with E-state index in [9.17, 15) is 9.59 Å². The van der Waals surface area contributed by atoms with E-state index in [1.54, 1.807) is 0 Å². The molecule has 1 fully saturated rings. The van der Waals surface area contributed by atoms with E-state index < -0.39 is 5.37 Å². The highest BCUT2D eigenvalue weighted by atomic mass is 32.1. The Morgan fingerprint density at radius 1 is 1.60 bits per heavy atom. The van der Waals surface area contributed by atoms with Gasteiger partial charge in [-0.2, -0.15) is 0 Å². The summed E-state index contributed by atoms with van der Waals surface area (Å²) < 4.78 is 0. The van der Waals surface area contributed by atoms with Crippen molar-refractivity contribution in [3.63, 3.8) is 0 Å². The van der Waals surface area contributed by atoms with Crippen LogP contribution >= 0.6 is 12.6 Å². The van der Waals surface area contributed by atoms with Gasteiger partial charge in [0.15, 0.2) is 5.37 Å². The third kappa shape index (κ3) is 1.23. The number of thiol groups is 1. The van der Waals surface area contributed by atoms with Gasteiger partial charge in [0, 0.05) is 7.05 Å². The Morgan fingerprint density at radius 3 is 2.20 bits per heavy atom. The van der Waals surface area contributed by atoms with Crippen molar-refractivity contribution in [3.05, 3.63) is 0 Å². The van der Waals surface area contributed by atoms with Crippen molar-refractivity contribution in [1.82, 2.24) is 10.2 Å². The zero-order chi connectivity index (χ0) is 7.02. The van der Waals surface area contributed by atoms with Gasteiger partial charge >= 0.3 is 6.03 Å². The standard InChI is InChI=1S/C4H6N2O2S.CH4/c1-6-3(9)2(7)5-4(6)8;/h3,9H,1H3,(H,5,7,8);1H4. The fourth-order valence-electron chi connectivity index (χ4n) is 0.545. The average Bonchev–Trinajstić information content (AvgIpc) is 1.98. The molecule has 0 saturated carbocycles. The molecule has 0 aromatic heterocycles. The van der Waals surface area contributed by atoms with Crippen LogP contribution in [0.1, 0.15) is 7.43 Å². The van der Waals surface area contributed by atoms with Gasteiger partial charge < -0.3 is 4.90 Å². The molecule has 1 unspecified atom stereocenters. The zero-order valence-corrected chi connectivity index (χ0v) is 5.68. The fraction of sp³-hybridized carbons (Fsp3) is 0.600. The first-order valence-electron chi connectivity index (χ1n) is 2.38. The fourth-order valence-corrected chi connectivity index (χ4v) is 0.714. The quantitative estimate of drug-likeness (QED) is 0.391. The van der Waals surface area contributed by atoms with E-state index in [1.165, 1.54) is 11.9 Å². The molecule has 1 atom stereocenters. The minimum absolute atomic E-state index is 0. The average molecular weight is 162 g/mol. The molecular weight excluding hydrogens is 152 g/mol. The van der Waals surface area contributed by atoms with Crippen molar-refractivity contribution >= 4 is 24.6 Å². The van der Waals surface area contributed by atoms with E-state index >= 15 is 0 Å². The highest BCUT2D eigenvalue weighted by Crippen LogP contribution is 2.07. The summed E-state index contributed by atoms with van der Waals surface area (Å²) in [5.41, 5.74) is 0. The second-order valence-electron chi connectivity index (χ2n) is 1.78. The molecule has 1 heterocycles. The molecule has 0 aliphatic carbocycles. The van der Waals surface area contributed by atoms with Crippen molar-refractivity contribution in [2.75, 3.05) is 7.05 Å². The van der Waals surface area contributed by atoms with E-state index in [0.29, 0.717) is 0 Å². The number of nitrogens with zero attached hydrogens (tertiary/aromatic N) is 1. The molecule has 3 amide bonds. The summed E-state index contributed by atoms with van der Waals surface area (Å²) >= 11 is 3.83. The number of hydrogen-bond donors (Lipinski definition) is 2. The predicted octanol–water partition coefficient (Wildman–Crippen LogP) is 0.0600. The van der Waals surface area contributed by atoms with Crippen LogP contribution in [0.2, 0.25) is 0 Å². The first-order chi connectivity index (χ1) is 4.13. The van der Waals surface area contributed by atoms with Crippen LogP contribution in [-0.2, 0) is 4.79 Å². The molecule has 0 spiro atoms. The summed E-state index contributed by atoms with van der Waals surface area (Å²) in [5, 5.41) is 1.47. The summed E-state index contributed by atoms with van der Waals surface area (Å²) in [5.74, 6) is -0.356. The van der Waals surface area contributed by atoms with Crippen LogP contribution < -0.4 is 5.32 Å². The lowest BCUT2D eigenvalue weighted by Gasteiger charge is -2.08. The van der Waals surface area contributed by atoms with E-state index in [0.717, 1.165) is 0 Å². The SMILES string of the molecule is C.CN1C(=O)NC(=O)C1S. The number of hydrogen-bond acceptors (Lipinski definition) is 3. The van der Waals surface area contributed by atoms with E-state index in [-0.39, 0.29) is 19.4 Å². The highest BCUT2D eigenvalue weighted by Gasteiger charge is 2.32. The number of amides is 3. The second-order valence-corrected chi connectivity index (χ2v) is 2.27. The Balaban J connectivity index is 0.000000810. The van der Waals surface area contributed by atoms with Crippen molar-refractivity contribution in [2.24, 2.45) is 0 Å². The molecular formula is C5H10N2O2S. The first-order valence-corrected chi connectivity index (χ1v) is 2.90. The molecule has 0 bridgehead atoms. The van der Waals surface area contributed by atoms with Crippen LogP contribution in [0.3, 0.4) is 0 Å². The Hall–Kier alpha value is -0.710. The summed E-state index contributed by atoms with van der Waals surface area (Å²) in [7, 11) is 1.51. The third-order valence-electron chi connectivity index (χ3n) is 1.15. The van der Waals surface area contributed by atoms with Crippen LogP contribution in [0, 0.1) is 0 Å². The lowest BCUT2D eigenvalue weighted by molar-refractivity contribution is -0.119. The number of carbonyl (C=O) groups is 2. The molecule has 0 radical (unpaired) electrons. The number of likely N-dealkylation sites (N-methyl/N-ethyl adjacent to an activating group) is 1. The van der Waals surface area contributed by atoms with Gasteiger partial charge in [-0.3, -0.25) is 10.1 Å². The zero-order valence-electron chi connectivity index (χ0n) is 4.79. The molecule has 0 aromatic carbocycles. The van der Waals surface area contributed by atoms with Crippen LogP contribution in [-0.4, -0.2) is 29.3 Å². The Morgan fingerprint density at radius 2 is 2.10 bits per heavy atom. The summed E-state index contributed by atoms with van der Waals surface area (Å²) in [4.78, 5) is 22.3. The lowest BCUT2D eigenvalue weighted by Crippen LogP contribution is -2.26. The van der Waals surface area contributed by atoms with Gasteiger partial charge in [-0.15, -0.1) is 12.6 Å². The van der Waals surface area contributed by atoms with Gasteiger partial charge in [-0.05, 0) is 0 Å². The topological polar surface area (TPSA) is 49.4 Å². The first kappa shape index (κ1) is 9.29. The molecule has 0 aromatic rings. The minimum Gasteiger partial charge on any atom is -0.307 e. The molecule has 1 aliphatic heterocycles. The number of rotatable bonds is 0. The van der Waals surface area contributed by atoms with Gasteiger partial charge in [-0.1, -0.05) is 7.43 Å². The monoisotopic (exact) mass is 162 g/mol. The molecule has 1 N–H and O–H groups in total. The van der Waals surface area contributed by atoms with Gasteiger partial charge in [0.1, 0.15) is 0 Å². The van der Waals surface area contributed by atoms with E-state index in [2.05, 4.69) is 17.9 Å². The molecule has 58 valence electrons. The van der Waals surface area contributed by atoms with Gasteiger partial charge in [-0.25, -0.2) is 4.79 Å². The van der Waals surface area contributed by atoms with Crippen molar-refractivity contribution in [3.8, 4) is 0 Å². The predicted molar refractivity (Wildman–Crippen MR) is 40.8 cm³/mol. The maximum atomic E-state index is 10.5. The van der Waals surface area contributed by atoms with Crippen LogP contribution in [0.4, 0.5) is 4.79 Å². The van der Waals surface area contributed by atoms with Crippen molar-refractivity contribution in [2.45, 2.75) is 12.8 Å². The van der Waals surface area contributed by atoms with Crippen LogP contribution in [0.25, 0.3) is 0 Å². The van der Waals surface area contributed by atoms with Gasteiger partial charge in [0.25, 0.3) is 5.91 Å². The van der Waals surface area contributed by atoms with Gasteiger partial charge in [0.05, 0.1) is 0 Å². The molecule has 1 rings (SSSR count). The maximum absolute atomic E-state index is 10.5. The minimum atomic E-state index is -0.613. The number of imide groups is 1. The van der Waals surface area contributed by atoms with Crippen molar-refractivity contribution in [1.29, 1.82) is 0 Å². The van der Waals surface area contributed by atoms with E-state index in [1.807, 2.05) is 0 Å². The summed E-state index contributed by atoms with van der Waals surface area (Å²) in [6.07, 6.45) is 0. The Kier molecular flexibility index (Phi) is 2.71. The Bertz CT molecular complexity index is 153. The Labute approximate surface area is 65.0 Å². The molecule has 10 heavy (non-hydrogen) atoms. The maximum Gasteiger partial charge on any atom is 0.325 e. The lowest BCUT2D eigenvalue weighted by atomic mass is 10.6. The largest absolute Gasteiger partial charge is 0.325 e. The molecule has 5 heteroatoms. The third-order valence-corrected chi connectivity index (χ3v) is 1.73. The van der Waals surface area contributed by atoms with Crippen LogP contribution in [0.15, 0.2) is 0 Å². The normalized spacial score (nSPS) is 24.2. The molecule has 4 nitrogen and oxygen atoms in total. The summed E-state index contributed by atoms with van der Waals surface area (Å²) in [6.45, 7) is 0. The number of carbonyl (C=O) groups excluding carboxylic acids is 2. The van der Waals surface area contributed by atoms with Gasteiger partial charge in [0.2, 0.25) is 0 Å². The number of urea groups is 1. The molecule has 1 saturated heterocycles. The smallest absolute Gasteiger partial charge is 0.307 e. The van der Waals surface area contributed by atoms with Crippen LogP contribution in [0.5, 0.6) is 0 Å². The number of nitrogens with one attached hydrogen (secondary N) is 1. The second kappa shape index (κ2) is 2.92. The van der Waals surface area contributed by atoms with E-state index in [4.69, 9.17) is 0 Å². The highest BCUT2D eigenvalue weighted by molar-refractivity contribution is 7.81.